The molecule has 1 N–H and O–H groups in total. The van der Waals surface area contributed by atoms with Crippen molar-refractivity contribution in [3.8, 4) is 0 Å². The Morgan fingerprint density at radius 3 is 2.84 bits per heavy atom. The Bertz CT molecular complexity index is 531. The third-order valence-electron chi connectivity index (χ3n) is 2.50. The van der Waals surface area contributed by atoms with Crippen molar-refractivity contribution in [2.24, 2.45) is 0 Å². The predicted molar refractivity (Wildman–Crippen MR) is 79.6 cm³/mol. The maximum Gasteiger partial charge on any atom is 0.116 e. The molecule has 0 radical (unpaired) electrons. The van der Waals surface area contributed by atoms with Gasteiger partial charge in [0.15, 0.2) is 0 Å². The van der Waals surface area contributed by atoms with Gasteiger partial charge in [-0.2, -0.15) is 0 Å². The number of benzene rings is 1. The van der Waals surface area contributed by atoms with Gasteiger partial charge in [-0.3, -0.25) is 0 Å². The van der Waals surface area contributed by atoms with E-state index >= 15 is 0 Å². The van der Waals surface area contributed by atoms with Crippen LogP contribution in [0.2, 0.25) is 5.02 Å². The molecule has 5 heteroatoms. The van der Waals surface area contributed by atoms with E-state index in [4.69, 9.17) is 11.6 Å². The van der Waals surface area contributed by atoms with Gasteiger partial charge < -0.3 is 5.32 Å². The summed E-state index contributed by atoms with van der Waals surface area (Å²) in [6, 6.07) is 8.30. The zero-order chi connectivity index (χ0) is 13.7. The van der Waals surface area contributed by atoms with Gasteiger partial charge in [0.2, 0.25) is 0 Å². The van der Waals surface area contributed by atoms with Crippen LogP contribution in [0.3, 0.4) is 0 Å². The van der Waals surface area contributed by atoms with E-state index in [0.717, 1.165) is 21.5 Å². The largest absolute Gasteiger partial charge is 0.310 e. The number of hydrogen-bond donors (Lipinski definition) is 1. The molecule has 0 fully saturated rings. The molecule has 0 spiro atoms. The molecule has 1 heterocycles. The lowest BCUT2D eigenvalue weighted by Gasteiger charge is -2.12. The van der Waals surface area contributed by atoms with E-state index in [1.54, 1.807) is 24.3 Å². The van der Waals surface area contributed by atoms with E-state index in [1.165, 1.54) is 5.56 Å². The average molecular weight is 294 g/mol. The third kappa shape index (κ3) is 4.49. The molecule has 2 aromatic rings. The fourth-order valence-electron chi connectivity index (χ4n) is 1.54. The zero-order valence-electron chi connectivity index (χ0n) is 10.9. The summed E-state index contributed by atoms with van der Waals surface area (Å²) < 4.78 is 0. The number of aromatic nitrogens is 2. The van der Waals surface area contributed by atoms with Gasteiger partial charge in [0, 0.05) is 28.7 Å². The van der Waals surface area contributed by atoms with Gasteiger partial charge in [-0.1, -0.05) is 43.3 Å². The van der Waals surface area contributed by atoms with Gasteiger partial charge >= 0.3 is 0 Å². The van der Waals surface area contributed by atoms with Crippen LogP contribution >= 0.6 is 23.4 Å². The van der Waals surface area contributed by atoms with Crippen LogP contribution < -0.4 is 5.32 Å². The van der Waals surface area contributed by atoms with Crippen molar-refractivity contribution in [3.05, 3.63) is 47.4 Å². The van der Waals surface area contributed by atoms with Crippen LogP contribution in [0.1, 0.15) is 19.4 Å². The van der Waals surface area contributed by atoms with Gasteiger partial charge in [0.05, 0.1) is 0 Å². The molecule has 1 aromatic heterocycles. The first-order valence-corrected chi connectivity index (χ1v) is 7.30. The van der Waals surface area contributed by atoms with Crippen molar-refractivity contribution < 1.29 is 0 Å². The Kier molecular flexibility index (Phi) is 5.19. The summed E-state index contributed by atoms with van der Waals surface area (Å²) in [5, 5.41) is 5.08. The molecule has 3 nitrogen and oxygen atoms in total. The highest BCUT2D eigenvalue weighted by molar-refractivity contribution is 7.99. The smallest absolute Gasteiger partial charge is 0.116 e. The van der Waals surface area contributed by atoms with Crippen LogP contribution in [0.4, 0.5) is 0 Å². The molecule has 0 saturated carbocycles. The average Bonchev–Trinajstić information content (AvgIpc) is 2.39. The first-order valence-electron chi connectivity index (χ1n) is 6.11. The number of rotatable bonds is 5. The van der Waals surface area contributed by atoms with Crippen LogP contribution in [0.25, 0.3) is 0 Å². The second-order valence-corrected chi connectivity index (χ2v) is 5.94. The lowest BCUT2D eigenvalue weighted by atomic mass is 10.2. The van der Waals surface area contributed by atoms with Gasteiger partial charge in [0.25, 0.3) is 0 Å². The molecule has 0 aliphatic rings. The SMILES string of the molecule is CC(C)NCc1ccc(Cl)cc1Sc1ccncn1. The Morgan fingerprint density at radius 1 is 1.32 bits per heavy atom. The highest BCUT2D eigenvalue weighted by atomic mass is 35.5. The second-order valence-electron chi connectivity index (χ2n) is 4.44. The minimum absolute atomic E-state index is 0.451. The molecule has 1 aromatic carbocycles. The summed E-state index contributed by atoms with van der Waals surface area (Å²) in [4.78, 5) is 9.28. The van der Waals surface area contributed by atoms with Crippen molar-refractivity contribution in [3.63, 3.8) is 0 Å². The van der Waals surface area contributed by atoms with E-state index < -0.39 is 0 Å². The van der Waals surface area contributed by atoms with Gasteiger partial charge in [-0.15, -0.1) is 0 Å². The summed E-state index contributed by atoms with van der Waals surface area (Å²) >= 11 is 7.68. The summed E-state index contributed by atoms with van der Waals surface area (Å²) in [6.07, 6.45) is 3.30. The van der Waals surface area contributed by atoms with E-state index in [2.05, 4.69) is 35.2 Å². The molecule has 0 unspecified atom stereocenters. The Morgan fingerprint density at radius 2 is 2.16 bits per heavy atom. The fourth-order valence-corrected chi connectivity index (χ4v) is 2.68. The van der Waals surface area contributed by atoms with Crippen LogP contribution in [0.15, 0.2) is 46.7 Å². The van der Waals surface area contributed by atoms with E-state index in [-0.39, 0.29) is 0 Å². The van der Waals surface area contributed by atoms with Gasteiger partial charge in [-0.05, 0) is 23.8 Å². The molecule has 0 amide bonds. The first-order chi connectivity index (χ1) is 9.15. The van der Waals surface area contributed by atoms with E-state index in [9.17, 15) is 0 Å². The van der Waals surface area contributed by atoms with Crippen LogP contribution in [0, 0.1) is 0 Å². The first kappa shape index (κ1) is 14.3. The summed E-state index contributed by atoms with van der Waals surface area (Å²) in [7, 11) is 0. The van der Waals surface area contributed by atoms with E-state index in [1.807, 2.05) is 18.2 Å². The zero-order valence-corrected chi connectivity index (χ0v) is 12.5. The fraction of sp³-hybridized carbons (Fsp3) is 0.286. The molecule has 2 rings (SSSR count). The summed E-state index contributed by atoms with van der Waals surface area (Å²) in [5.41, 5.74) is 1.22. The molecule has 100 valence electrons. The molecule has 0 aliphatic carbocycles. The lowest BCUT2D eigenvalue weighted by molar-refractivity contribution is 0.585. The van der Waals surface area contributed by atoms with Crippen molar-refractivity contribution in [1.82, 2.24) is 15.3 Å². The molecular formula is C14H16ClN3S. The van der Waals surface area contributed by atoms with Crippen LogP contribution in [-0.2, 0) is 6.54 Å². The molecule has 0 aliphatic heterocycles. The third-order valence-corrected chi connectivity index (χ3v) is 3.78. The quantitative estimate of drug-likeness (QED) is 0.852. The monoisotopic (exact) mass is 293 g/mol. The van der Waals surface area contributed by atoms with Crippen molar-refractivity contribution >= 4 is 23.4 Å². The van der Waals surface area contributed by atoms with Crippen molar-refractivity contribution in [1.29, 1.82) is 0 Å². The highest BCUT2D eigenvalue weighted by Gasteiger charge is 2.07. The van der Waals surface area contributed by atoms with Crippen molar-refractivity contribution in [2.45, 2.75) is 36.4 Å². The minimum Gasteiger partial charge on any atom is -0.310 e. The van der Waals surface area contributed by atoms with Crippen LogP contribution in [0.5, 0.6) is 0 Å². The molecular weight excluding hydrogens is 278 g/mol. The lowest BCUT2D eigenvalue weighted by Crippen LogP contribution is -2.22. The number of halogens is 1. The van der Waals surface area contributed by atoms with Crippen molar-refractivity contribution in [2.75, 3.05) is 0 Å². The normalized spacial score (nSPS) is 10.9. The topological polar surface area (TPSA) is 37.8 Å². The maximum absolute atomic E-state index is 6.08. The minimum atomic E-state index is 0.451. The molecule has 0 bridgehead atoms. The van der Waals surface area contributed by atoms with Gasteiger partial charge in [0.1, 0.15) is 11.4 Å². The Labute approximate surface area is 122 Å². The number of hydrogen-bond acceptors (Lipinski definition) is 4. The Hall–Kier alpha value is -1.10. The molecule has 0 saturated heterocycles. The number of nitrogens with zero attached hydrogens (tertiary/aromatic N) is 2. The van der Waals surface area contributed by atoms with Crippen LogP contribution in [-0.4, -0.2) is 16.0 Å². The van der Waals surface area contributed by atoms with E-state index in [0.29, 0.717) is 6.04 Å². The number of nitrogens with one attached hydrogen (secondary N) is 1. The summed E-state index contributed by atoms with van der Waals surface area (Å²) in [6.45, 7) is 5.09. The molecule has 0 atom stereocenters. The van der Waals surface area contributed by atoms with Gasteiger partial charge in [-0.25, -0.2) is 9.97 Å². The Balaban J connectivity index is 2.19. The maximum atomic E-state index is 6.08. The molecule has 19 heavy (non-hydrogen) atoms. The second kappa shape index (κ2) is 6.89. The predicted octanol–water partition coefficient (Wildman–Crippen LogP) is 3.78. The standard InChI is InChI=1S/C14H16ClN3S/c1-10(2)17-8-11-3-4-12(15)7-13(11)19-14-5-6-16-9-18-14/h3-7,9-10,17H,8H2,1-2H3. The highest BCUT2D eigenvalue weighted by Crippen LogP contribution is 2.31. The summed E-state index contributed by atoms with van der Waals surface area (Å²) in [5.74, 6) is 0.